The Morgan fingerprint density at radius 2 is 1.67 bits per heavy atom. The summed E-state index contributed by atoms with van der Waals surface area (Å²) in [5, 5.41) is 31.2. The zero-order chi connectivity index (χ0) is 15.5. The van der Waals surface area contributed by atoms with Crippen LogP contribution in [-0.4, -0.2) is 32.7 Å². The van der Waals surface area contributed by atoms with Gasteiger partial charge in [0.15, 0.2) is 11.5 Å². The molecule has 0 heterocycles. The lowest BCUT2D eigenvalue weighted by Crippen LogP contribution is -2.54. The van der Waals surface area contributed by atoms with E-state index in [2.05, 4.69) is 5.32 Å². The number of para-hydroxylation sites is 1. The Kier molecular flexibility index (Phi) is 4.35. The first kappa shape index (κ1) is 15.2. The number of hydrogen-bond donors (Lipinski definition) is 4. The van der Waals surface area contributed by atoms with Gasteiger partial charge in [-0.3, -0.25) is 4.79 Å². The van der Waals surface area contributed by atoms with E-state index >= 15 is 0 Å². The van der Waals surface area contributed by atoms with Crippen molar-refractivity contribution in [1.29, 1.82) is 0 Å². The fourth-order valence-electron chi connectivity index (χ4n) is 2.72. The van der Waals surface area contributed by atoms with Crippen LogP contribution < -0.4 is 5.32 Å². The van der Waals surface area contributed by atoms with Gasteiger partial charge in [0.1, 0.15) is 5.54 Å². The van der Waals surface area contributed by atoms with Gasteiger partial charge in [-0.2, -0.15) is 0 Å². The second-order valence-corrected chi connectivity index (χ2v) is 5.43. The summed E-state index contributed by atoms with van der Waals surface area (Å²) in [4.78, 5) is 23.9. The molecule has 0 atom stereocenters. The second-order valence-electron chi connectivity index (χ2n) is 5.43. The molecule has 1 aliphatic rings. The zero-order valence-corrected chi connectivity index (χ0v) is 11.6. The van der Waals surface area contributed by atoms with Gasteiger partial charge in [0.05, 0.1) is 5.56 Å². The van der Waals surface area contributed by atoms with Gasteiger partial charge in [0, 0.05) is 0 Å². The minimum absolute atomic E-state index is 0.125. The maximum Gasteiger partial charge on any atom is 0.329 e. The molecule has 0 saturated heterocycles. The van der Waals surface area contributed by atoms with Gasteiger partial charge >= 0.3 is 5.97 Å². The first-order chi connectivity index (χ1) is 9.96. The van der Waals surface area contributed by atoms with Gasteiger partial charge in [-0.25, -0.2) is 4.79 Å². The zero-order valence-electron chi connectivity index (χ0n) is 11.6. The highest BCUT2D eigenvalue weighted by Gasteiger charge is 2.40. The topological polar surface area (TPSA) is 107 Å². The normalized spacial score (nSPS) is 17.7. The molecule has 6 heteroatoms. The third kappa shape index (κ3) is 3.09. The molecule has 1 saturated carbocycles. The molecule has 0 unspecified atom stereocenters. The summed E-state index contributed by atoms with van der Waals surface area (Å²) in [6, 6.07) is 4.02. The number of phenols is 2. The number of nitrogens with one attached hydrogen (secondary N) is 1. The Hall–Kier alpha value is -2.24. The molecular formula is C15H19NO5. The van der Waals surface area contributed by atoms with Crippen molar-refractivity contribution in [3.8, 4) is 11.5 Å². The van der Waals surface area contributed by atoms with Crippen LogP contribution in [0.3, 0.4) is 0 Å². The van der Waals surface area contributed by atoms with Crippen LogP contribution in [0.15, 0.2) is 18.2 Å². The Labute approximate surface area is 122 Å². The van der Waals surface area contributed by atoms with Crippen molar-refractivity contribution in [2.75, 3.05) is 0 Å². The number of carbonyl (C=O) groups excluding carboxylic acids is 1. The molecule has 0 aromatic heterocycles. The number of phenolic OH excluding ortho intramolecular Hbond substituents is 2. The van der Waals surface area contributed by atoms with Gasteiger partial charge in [-0.05, 0) is 25.0 Å². The Bertz CT molecular complexity index is 547. The van der Waals surface area contributed by atoms with Gasteiger partial charge in [0.25, 0.3) is 5.91 Å². The van der Waals surface area contributed by atoms with Crippen molar-refractivity contribution < 1.29 is 24.9 Å². The lowest BCUT2D eigenvalue weighted by atomic mass is 9.89. The molecule has 1 aromatic rings. The first-order valence-corrected chi connectivity index (χ1v) is 7.03. The fraction of sp³-hybridized carbons (Fsp3) is 0.467. The second kappa shape index (κ2) is 6.03. The monoisotopic (exact) mass is 293 g/mol. The quantitative estimate of drug-likeness (QED) is 0.504. The van der Waals surface area contributed by atoms with E-state index in [0.29, 0.717) is 12.8 Å². The summed E-state index contributed by atoms with van der Waals surface area (Å²) >= 11 is 0. The Morgan fingerprint density at radius 3 is 2.24 bits per heavy atom. The molecule has 1 aromatic carbocycles. The van der Waals surface area contributed by atoms with E-state index in [9.17, 15) is 24.9 Å². The molecule has 1 amide bonds. The molecule has 21 heavy (non-hydrogen) atoms. The van der Waals surface area contributed by atoms with Crippen LogP contribution in [-0.2, 0) is 4.79 Å². The summed E-state index contributed by atoms with van der Waals surface area (Å²) in [6.45, 7) is 0. The van der Waals surface area contributed by atoms with Crippen LogP contribution >= 0.6 is 0 Å². The van der Waals surface area contributed by atoms with E-state index in [1.165, 1.54) is 18.2 Å². The van der Waals surface area contributed by atoms with Gasteiger partial charge in [0.2, 0.25) is 0 Å². The molecule has 6 nitrogen and oxygen atoms in total. The third-order valence-electron chi connectivity index (χ3n) is 3.98. The van der Waals surface area contributed by atoms with E-state index in [1.807, 2.05) is 0 Å². The van der Waals surface area contributed by atoms with Crippen molar-refractivity contribution in [2.45, 2.75) is 44.1 Å². The number of amides is 1. The van der Waals surface area contributed by atoms with Crippen LogP contribution in [0.1, 0.15) is 48.9 Å². The maximum atomic E-state index is 12.3. The van der Waals surface area contributed by atoms with Crippen LogP contribution in [0.2, 0.25) is 0 Å². The SMILES string of the molecule is O=C(NC1(C(=O)O)CCCCCC1)c1cccc(O)c1O. The molecule has 2 rings (SSSR count). The first-order valence-electron chi connectivity index (χ1n) is 7.03. The van der Waals surface area contributed by atoms with Crippen LogP contribution in [0.4, 0.5) is 0 Å². The van der Waals surface area contributed by atoms with E-state index in [-0.39, 0.29) is 5.56 Å². The lowest BCUT2D eigenvalue weighted by Gasteiger charge is -2.29. The summed E-state index contributed by atoms with van der Waals surface area (Å²) in [7, 11) is 0. The number of carbonyl (C=O) groups is 2. The van der Waals surface area contributed by atoms with Crippen molar-refractivity contribution in [2.24, 2.45) is 0 Å². The fourth-order valence-corrected chi connectivity index (χ4v) is 2.72. The van der Waals surface area contributed by atoms with E-state index in [0.717, 1.165) is 25.7 Å². The smallest absolute Gasteiger partial charge is 0.329 e. The maximum absolute atomic E-state index is 12.3. The van der Waals surface area contributed by atoms with E-state index in [4.69, 9.17) is 0 Å². The molecule has 4 N–H and O–H groups in total. The third-order valence-corrected chi connectivity index (χ3v) is 3.98. The lowest BCUT2D eigenvalue weighted by molar-refractivity contribution is -0.145. The van der Waals surface area contributed by atoms with E-state index in [1.54, 1.807) is 0 Å². The van der Waals surface area contributed by atoms with Crippen molar-refractivity contribution >= 4 is 11.9 Å². The predicted molar refractivity (Wildman–Crippen MR) is 75.3 cm³/mol. The summed E-state index contributed by atoms with van der Waals surface area (Å²) in [5.74, 6) is -2.69. The largest absolute Gasteiger partial charge is 0.504 e. The van der Waals surface area contributed by atoms with Crippen molar-refractivity contribution in [3.63, 3.8) is 0 Å². The van der Waals surface area contributed by atoms with Gasteiger partial charge in [-0.15, -0.1) is 0 Å². The van der Waals surface area contributed by atoms with Gasteiger partial charge < -0.3 is 20.6 Å². The molecular weight excluding hydrogens is 274 g/mol. The molecule has 0 radical (unpaired) electrons. The number of rotatable bonds is 3. The highest BCUT2D eigenvalue weighted by atomic mass is 16.4. The molecule has 1 aliphatic carbocycles. The molecule has 1 fully saturated rings. The summed E-state index contributed by atoms with van der Waals surface area (Å²) < 4.78 is 0. The highest BCUT2D eigenvalue weighted by molar-refractivity contribution is 6.00. The van der Waals surface area contributed by atoms with Crippen molar-refractivity contribution in [3.05, 3.63) is 23.8 Å². The van der Waals surface area contributed by atoms with Crippen LogP contribution in [0.25, 0.3) is 0 Å². The number of aromatic hydroxyl groups is 2. The van der Waals surface area contributed by atoms with Crippen LogP contribution in [0.5, 0.6) is 11.5 Å². The number of benzene rings is 1. The minimum atomic E-state index is -1.30. The Balaban J connectivity index is 2.26. The highest BCUT2D eigenvalue weighted by Crippen LogP contribution is 2.31. The number of carboxylic acid groups (broad SMARTS) is 1. The summed E-state index contributed by atoms with van der Waals surface area (Å²) in [6.07, 6.45) is 4.10. The Morgan fingerprint density at radius 1 is 1.05 bits per heavy atom. The summed E-state index contributed by atoms with van der Waals surface area (Å²) in [5.41, 5.74) is -1.43. The number of carboxylic acids is 1. The van der Waals surface area contributed by atoms with E-state index < -0.39 is 28.9 Å². The average molecular weight is 293 g/mol. The van der Waals surface area contributed by atoms with Gasteiger partial charge in [-0.1, -0.05) is 31.7 Å². The molecule has 0 spiro atoms. The van der Waals surface area contributed by atoms with Crippen LogP contribution in [0, 0.1) is 0 Å². The average Bonchev–Trinajstić information content (AvgIpc) is 2.68. The number of aliphatic carboxylic acids is 1. The van der Waals surface area contributed by atoms with Crippen molar-refractivity contribution in [1.82, 2.24) is 5.32 Å². The molecule has 0 aliphatic heterocycles. The molecule has 114 valence electrons. The minimum Gasteiger partial charge on any atom is -0.504 e. The predicted octanol–water partition coefficient (Wildman–Crippen LogP) is 2.01. The molecule has 0 bridgehead atoms. The standard InChI is InChI=1S/C15H19NO5/c17-11-7-5-6-10(12(11)18)13(19)16-15(14(20)21)8-3-1-2-4-9-15/h5-7,17-18H,1-4,8-9H2,(H,16,19)(H,20,21). The number of hydrogen-bond acceptors (Lipinski definition) is 4.